The van der Waals surface area contributed by atoms with Gasteiger partial charge >= 0.3 is 6.18 Å². The third-order valence-electron chi connectivity index (χ3n) is 5.13. The molecule has 0 aromatic heterocycles. The van der Waals surface area contributed by atoms with E-state index in [0.29, 0.717) is 36.8 Å². The number of unbranched alkanes of at least 4 members (excludes halogenated alkanes) is 2. The number of benzene rings is 1. The first-order valence-corrected chi connectivity index (χ1v) is 10.3. The third kappa shape index (κ3) is 7.92. The third-order valence-corrected chi connectivity index (χ3v) is 5.13. The van der Waals surface area contributed by atoms with Crippen molar-refractivity contribution in [2.45, 2.75) is 57.2 Å². The van der Waals surface area contributed by atoms with Crippen LogP contribution in [0.15, 0.2) is 60.2 Å². The second kappa shape index (κ2) is 11.9. The van der Waals surface area contributed by atoms with Crippen molar-refractivity contribution >= 4 is 5.78 Å². The summed E-state index contributed by atoms with van der Waals surface area (Å²) in [6.07, 6.45) is 8.37. The van der Waals surface area contributed by atoms with Crippen LogP contribution in [0.1, 0.15) is 49.7 Å². The van der Waals surface area contributed by atoms with Gasteiger partial charge in [0.15, 0.2) is 5.78 Å². The second-order valence-electron chi connectivity index (χ2n) is 7.54. The van der Waals surface area contributed by atoms with Gasteiger partial charge < -0.3 is 10.2 Å². The van der Waals surface area contributed by atoms with Crippen LogP contribution in [0.25, 0.3) is 0 Å². The van der Waals surface area contributed by atoms with Crippen LogP contribution in [-0.4, -0.2) is 28.7 Å². The van der Waals surface area contributed by atoms with E-state index in [1.807, 2.05) is 18.2 Å². The lowest BCUT2D eigenvalue weighted by Crippen LogP contribution is -2.10. The molecule has 0 saturated heterocycles. The van der Waals surface area contributed by atoms with Gasteiger partial charge in [-0.15, -0.1) is 0 Å². The van der Waals surface area contributed by atoms with Crippen molar-refractivity contribution in [1.29, 1.82) is 0 Å². The van der Waals surface area contributed by atoms with E-state index in [1.165, 1.54) is 6.07 Å². The first-order chi connectivity index (χ1) is 14.3. The molecule has 1 aromatic rings. The highest BCUT2D eigenvalue weighted by Crippen LogP contribution is 2.30. The van der Waals surface area contributed by atoms with Gasteiger partial charge in [-0.1, -0.05) is 42.5 Å². The predicted molar refractivity (Wildman–Crippen MR) is 111 cm³/mol. The quantitative estimate of drug-likeness (QED) is 0.294. The van der Waals surface area contributed by atoms with Crippen molar-refractivity contribution < 1.29 is 28.2 Å². The number of carbonyl (C=O) groups excluding carboxylic acids is 1. The molecular formula is C24H29F3O3. The normalized spacial score (nSPS) is 19.3. The number of alkyl halides is 3. The summed E-state index contributed by atoms with van der Waals surface area (Å²) in [7, 11) is 0. The van der Waals surface area contributed by atoms with Crippen molar-refractivity contribution in [2.75, 3.05) is 6.61 Å². The molecule has 0 fully saturated rings. The van der Waals surface area contributed by atoms with Crippen molar-refractivity contribution in [3.05, 3.63) is 71.3 Å². The lowest BCUT2D eigenvalue weighted by Gasteiger charge is -2.12. The fourth-order valence-electron chi connectivity index (χ4n) is 3.40. The highest BCUT2D eigenvalue weighted by molar-refractivity contribution is 6.07. The van der Waals surface area contributed by atoms with Crippen molar-refractivity contribution in [1.82, 2.24) is 0 Å². The van der Waals surface area contributed by atoms with Crippen LogP contribution in [0.2, 0.25) is 0 Å². The van der Waals surface area contributed by atoms with E-state index in [0.717, 1.165) is 31.4 Å². The van der Waals surface area contributed by atoms with Crippen LogP contribution in [-0.2, 0) is 17.4 Å². The summed E-state index contributed by atoms with van der Waals surface area (Å²) in [5.41, 5.74) is 0.499. The second-order valence-corrected chi connectivity index (χ2v) is 7.54. The number of aryl methyl sites for hydroxylation is 1. The van der Waals surface area contributed by atoms with E-state index >= 15 is 0 Å². The van der Waals surface area contributed by atoms with E-state index < -0.39 is 17.8 Å². The van der Waals surface area contributed by atoms with Gasteiger partial charge in [-0.2, -0.15) is 13.2 Å². The lowest BCUT2D eigenvalue weighted by molar-refractivity contribution is -0.137. The maximum atomic E-state index is 12.8. The minimum Gasteiger partial charge on any atom is -0.396 e. The molecule has 1 aliphatic carbocycles. The first-order valence-electron chi connectivity index (χ1n) is 10.3. The number of allylic oxidation sites excluding steroid dienone is 5. The van der Waals surface area contributed by atoms with Gasteiger partial charge in [0.25, 0.3) is 0 Å². The minimum absolute atomic E-state index is 0.0118. The number of aliphatic hydroxyl groups excluding tert-OH is 2. The number of carbonyl (C=O) groups is 1. The summed E-state index contributed by atoms with van der Waals surface area (Å²) in [5.74, 6) is -0.0685. The number of ketones is 1. The molecule has 0 spiro atoms. The Morgan fingerprint density at radius 2 is 1.97 bits per heavy atom. The average Bonchev–Trinajstić information content (AvgIpc) is 3.06. The molecule has 30 heavy (non-hydrogen) atoms. The molecule has 164 valence electrons. The van der Waals surface area contributed by atoms with E-state index in [-0.39, 0.29) is 18.3 Å². The Kier molecular flexibility index (Phi) is 9.53. The molecule has 1 aliphatic rings. The number of halogens is 3. The highest BCUT2D eigenvalue weighted by Gasteiger charge is 2.30. The lowest BCUT2D eigenvalue weighted by atomic mass is 9.95. The molecule has 0 amide bonds. The zero-order valence-corrected chi connectivity index (χ0v) is 16.9. The zero-order chi connectivity index (χ0) is 22.0. The maximum Gasteiger partial charge on any atom is 0.416 e. The molecule has 0 aliphatic heterocycles. The minimum atomic E-state index is -4.38. The van der Waals surface area contributed by atoms with Gasteiger partial charge in [0.05, 0.1) is 11.7 Å². The Balaban J connectivity index is 1.84. The van der Waals surface area contributed by atoms with Crippen LogP contribution < -0.4 is 0 Å². The van der Waals surface area contributed by atoms with Gasteiger partial charge in [-0.3, -0.25) is 4.79 Å². The summed E-state index contributed by atoms with van der Waals surface area (Å²) in [5, 5.41) is 19.0. The summed E-state index contributed by atoms with van der Waals surface area (Å²) < 4.78 is 38.4. The summed E-state index contributed by atoms with van der Waals surface area (Å²) in [4.78, 5) is 12.1. The maximum absolute atomic E-state index is 12.8. The topological polar surface area (TPSA) is 57.5 Å². The van der Waals surface area contributed by atoms with Gasteiger partial charge in [0, 0.05) is 18.1 Å². The van der Waals surface area contributed by atoms with Gasteiger partial charge in [-0.25, -0.2) is 0 Å². The SMILES string of the molecule is O=C1C=C[C@H](C/C=C\CCCCO)/C1=C\C[C@@H](O)CCc1cccc(C(F)(F)F)c1. The zero-order valence-electron chi connectivity index (χ0n) is 16.9. The van der Waals surface area contributed by atoms with E-state index in [9.17, 15) is 23.1 Å². The van der Waals surface area contributed by atoms with E-state index in [2.05, 4.69) is 0 Å². The van der Waals surface area contributed by atoms with E-state index in [1.54, 1.807) is 18.2 Å². The number of hydrogen-bond acceptors (Lipinski definition) is 3. The standard InChI is InChI=1S/C24H29F3O3/c25-24(26,27)20-9-6-7-18(17-20)10-12-21(29)13-14-22-19(11-15-23(22)30)8-4-2-1-3-5-16-28/h2,4,6-7,9,11,14-15,17,19,21,28-29H,1,3,5,8,10,12-13,16H2/b4-2-,22-14+/t19-,21-/m0/s1. The Morgan fingerprint density at radius 3 is 2.70 bits per heavy atom. The molecule has 3 nitrogen and oxygen atoms in total. The van der Waals surface area contributed by atoms with E-state index in [4.69, 9.17) is 5.11 Å². The van der Waals surface area contributed by atoms with Crippen LogP contribution in [0.3, 0.4) is 0 Å². The van der Waals surface area contributed by atoms with Crippen molar-refractivity contribution in [2.24, 2.45) is 5.92 Å². The largest absolute Gasteiger partial charge is 0.416 e. The molecule has 0 radical (unpaired) electrons. The number of hydrogen-bond donors (Lipinski definition) is 2. The smallest absolute Gasteiger partial charge is 0.396 e. The summed E-state index contributed by atoms with van der Waals surface area (Å²) in [6, 6.07) is 5.13. The van der Waals surface area contributed by atoms with Gasteiger partial charge in [0.1, 0.15) is 0 Å². The molecule has 6 heteroatoms. The molecular weight excluding hydrogens is 393 g/mol. The number of aliphatic hydroxyl groups is 2. The Labute approximate surface area is 175 Å². The first kappa shape index (κ1) is 24.1. The molecule has 2 atom stereocenters. The average molecular weight is 422 g/mol. The Hall–Kier alpha value is -2.18. The molecule has 2 N–H and O–H groups in total. The molecule has 0 bridgehead atoms. The molecule has 2 rings (SSSR count). The molecule has 1 aromatic carbocycles. The van der Waals surface area contributed by atoms with Crippen molar-refractivity contribution in [3.8, 4) is 0 Å². The van der Waals surface area contributed by atoms with Crippen molar-refractivity contribution in [3.63, 3.8) is 0 Å². The highest BCUT2D eigenvalue weighted by atomic mass is 19.4. The summed E-state index contributed by atoms with van der Waals surface area (Å²) in [6.45, 7) is 0.191. The molecule has 0 heterocycles. The molecule has 0 unspecified atom stereocenters. The van der Waals surface area contributed by atoms with Crippen LogP contribution in [0.5, 0.6) is 0 Å². The van der Waals surface area contributed by atoms with Crippen LogP contribution in [0.4, 0.5) is 13.2 Å². The van der Waals surface area contributed by atoms with Crippen LogP contribution in [0, 0.1) is 5.92 Å². The molecule has 0 saturated carbocycles. The number of rotatable bonds is 11. The Morgan fingerprint density at radius 1 is 1.17 bits per heavy atom. The van der Waals surface area contributed by atoms with Gasteiger partial charge in [0.2, 0.25) is 0 Å². The monoisotopic (exact) mass is 422 g/mol. The summed E-state index contributed by atoms with van der Waals surface area (Å²) >= 11 is 0. The van der Waals surface area contributed by atoms with Crippen LogP contribution >= 0.6 is 0 Å². The fraction of sp³-hybridized carbons (Fsp3) is 0.458. The van der Waals surface area contributed by atoms with Gasteiger partial charge in [-0.05, 0) is 62.7 Å². The fourth-order valence-corrected chi connectivity index (χ4v) is 3.40. The Bertz CT molecular complexity index is 778. The predicted octanol–water partition coefficient (Wildman–Crippen LogP) is 5.18.